The van der Waals surface area contributed by atoms with Gasteiger partial charge in [-0.25, -0.2) is 4.79 Å². The number of aryl methyl sites for hydroxylation is 1. The lowest BCUT2D eigenvalue weighted by Crippen LogP contribution is -2.41. The minimum atomic E-state index is -0.784. The Labute approximate surface area is 145 Å². The minimum Gasteiger partial charge on any atom is -0.338 e. The van der Waals surface area contributed by atoms with Crippen molar-refractivity contribution in [3.8, 4) is 0 Å². The lowest BCUT2D eigenvalue weighted by molar-refractivity contribution is -0.136. The third-order valence-corrected chi connectivity index (χ3v) is 4.71. The summed E-state index contributed by atoms with van der Waals surface area (Å²) in [7, 11) is 1.68. The van der Waals surface area contributed by atoms with Crippen LogP contribution < -0.4 is 10.9 Å². The number of hydrogen-bond donors (Lipinski definition) is 1. The number of carbonyl (C=O) groups is 3. The molecular formula is C17H22N4O4. The molecule has 0 spiro atoms. The molecule has 0 aromatic carbocycles. The summed E-state index contributed by atoms with van der Waals surface area (Å²) in [5.41, 5.74) is 1.84. The van der Waals surface area contributed by atoms with Crippen molar-refractivity contribution in [2.24, 2.45) is 7.05 Å². The van der Waals surface area contributed by atoms with Gasteiger partial charge in [-0.1, -0.05) is 6.92 Å². The van der Waals surface area contributed by atoms with E-state index in [0.717, 1.165) is 11.1 Å². The Kier molecular flexibility index (Phi) is 4.61. The molecule has 3 heterocycles. The SMILES string of the molecule is CCCN1C(=O)NC(CC(=O)N2CCc3cc(=O)n(C)cc3C2)C1=O. The quantitative estimate of drug-likeness (QED) is 0.776. The van der Waals surface area contributed by atoms with E-state index in [9.17, 15) is 19.2 Å². The molecule has 2 aliphatic heterocycles. The first kappa shape index (κ1) is 17.2. The van der Waals surface area contributed by atoms with Gasteiger partial charge in [-0.15, -0.1) is 0 Å². The maximum atomic E-state index is 12.6. The number of amides is 4. The molecule has 1 aromatic heterocycles. The maximum Gasteiger partial charge on any atom is 0.324 e. The van der Waals surface area contributed by atoms with E-state index >= 15 is 0 Å². The second kappa shape index (κ2) is 6.70. The normalized spacial score (nSPS) is 19.8. The van der Waals surface area contributed by atoms with Crippen LogP contribution in [0.4, 0.5) is 4.79 Å². The van der Waals surface area contributed by atoms with Crippen LogP contribution in [0.2, 0.25) is 0 Å². The summed E-state index contributed by atoms with van der Waals surface area (Å²) in [6.45, 7) is 3.17. The maximum absolute atomic E-state index is 12.6. The van der Waals surface area contributed by atoms with E-state index in [-0.39, 0.29) is 23.8 Å². The van der Waals surface area contributed by atoms with Crippen LogP contribution in [-0.4, -0.2) is 51.3 Å². The second-order valence-electron chi connectivity index (χ2n) is 6.53. The summed E-state index contributed by atoms with van der Waals surface area (Å²) in [6, 6.07) is 0.400. The molecule has 1 aromatic rings. The van der Waals surface area contributed by atoms with Crippen LogP contribution in [0.5, 0.6) is 0 Å². The fourth-order valence-corrected chi connectivity index (χ4v) is 3.31. The standard InChI is InChI=1S/C17H22N4O4/c1-3-5-21-16(24)13(18-17(21)25)8-15(23)20-6-4-11-7-14(22)19(2)9-12(11)10-20/h7,9,13H,3-6,8,10H2,1-2H3,(H,18,25). The second-order valence-corrected chi connectivity index (χ2v) is 6.53. The Balaban J connectivity index is 1.67. The average molecular weight is 346 g/mol. The summed E-state index contributed by atoms with van der Waals surface area (Å²) in [6.07, 6.45) is 3.01. The van der Waals surface area contributed by atoms with Crippen molar-refractivity contribution in [3.63, 3.8) is 0 Å². The van der Waals surface area contributed by atoms with Crippen molar-refractivity contribution >= 4 is 17.8 Å². The van der Waals surface area contributed by atoms with Gasteiger partial charge in [0, 0.05) is 38.9 Å². The van der Waals surface area contributed by atoms with Crippen molar-refractivity contribution in [3.05, 3.63) is 33.7 Å². The molecule has 1 atom stereocenters. The monoisotopic (exact) mass is 346 g/mol. The minimum absolute atomic E-state index is 0.0358. The Morgan fingerprint density at radius 3 is 2.76 bits per heavy atom. The van der Waals surface area contributed by atoms with E-state index < -0.39 is 12.1 Å². The lowest BCUT2D eigenvalue weighted by Gasteiger charge is -2.29. The van der Waals surface area contributed by atoms with Crippen molar-refractivity contribution in [2.45, 2.75) is 38.8 Å². The number of rotatable bonds is 4. The topological polar surface area (TPSA) is 91.7 Å². The molecule has 1 fully saturated rings. The van der Waals surface area contributed by atoms with E-state index in [4.69, 9.17) is 0 Å². The number of nitrogens with zero attached hydrogens (tertiary/aromatic N) is 3. The highest BCUT2D eigenvalue weighted by Crippen LogP contribution is 2.19. The van der Waals surface area contributed by atoms with E-state index in [2.05, 4.69) is 5.32 Å². The lowest BCUT2D eigenvalue weighted by atomic mass is 10.0. The number of aromatic nitrogens is 1. The van der Waals surface area contributed by atoms with Gasteiger partial charge in [0.05, 0.1) is 6.42 Å². The molecule has 0 radical (unpaired) electrons. The zero-order chi connectivity index (χ0) is 18.1. The molecule has 1 unspecified atom stereocenters. The predicted octanol–water partition coefficient (Wildman–Crippen LogP) is -0.00950. The van der Waals surface area contributed by atoms with Crippen LogP contribution in [0.1, 0.15) is 30.9 Å². The number of imide groups is 1. The van der Waals surface area contributed by atoms with Crippen LogP contribution in [-0.2, 0) is 29.6 Å². The molecule has 134 valence electrons. The third kappa shape index (κ3) is 3.29. The first-order valence-electron chi connectivity index (χ1n) is 8.48. The summed E-state index contributed by atoms with van der Waals surface area (Å²) in [5.74, 6) is -0.503. The molecule has 1 saturated heterocycles. The molecule has 0 bridgehead atoms. The van der Waals surface area contributed by atoms with Gasteiger partial charge in [0.25, 0.3) is 11.5 Å². The fourth-order valence-electron chi connectivity index (χ4n) is 3.31. The van der Waals surface area contributed by atoms with E-state index in [1.54, 1.807) is 24.2 Å². The van der Waals surface area contributed by atoms with Gasteiger partial charge < -0.3 is 14.8 Å². The zero-order valence-electron chi connectivity index (χ0n) is 14.4. The van der Waals surface area contributed by atoms with Gasteiger partial charge in [0.2, 0.25) is 5.91 Å². The number of carbonyl (C=O) groups excluding carboxylic acids is 3. The smallest absolute Gasteiger partial charge is 0.324 e. The number of nitrogens with one attached hydrogen (secondary N) is 1. The van der Waals surface area contributed by atoms with Gasteiger partial charge in [-0.2, -0.15) is 0 Å². The molecule has 3 rings (SSSR count). The number of pyridine rings is 1. The van der Waals surface area contributed by atoms with Crippen molar-refractivity contribution < 1.29 is 14.4 Å². The summed E-state index contributed by atoms with van der Waals surface area (Å²) < 4.78 is 1.50. The Hall–Kier alpha value is -2.64. The number of urea groups is 1. The molecule has 0 saturated carbocycles. The highest BCUT2D eigenvalue weighted by molar-refractivity contribution is 6.05. The molecule has 4 amide bonds. The Morgan fingerprint density at radius 2 is 2.04 bits per heavy atom. The Bertz CT molecular complexity index is 785. The predicted molar refractivity (Wildman–Crippen MR) is 89.7 cm³/mol. The third-order valence-electron chi connectivity index (χ3n) is 4.71. The van der Waals surface area contributed by atoms with Crippen LogP contribution in [0.25, 0.3) is 0 Å². The van der Waals surface area contributed by atoms with Crippen LogP contribution >= 0.6 is 0 Å². The number of fused-ring (bicyclic) bond motifs is 1. The molecule has 1 N–H and O–H groups in total. The molecular weight excluding hydrogens is 324 g/mol. The fraction of sp³-hybridized carbons (Fsp3) is 0.529. The number of hydrogen-bond acceptors (Lipinski definition) is 4. The van der Waals surface area contributed by atoms with Crippen LogP contribution in [0, 0.1) is 0 Å². The largest absolute Gasteiger partial charge is 0.338 e. The van der Waals surface area contributed by atoms with Gasteiger partial charge in [0.15, 0.2) is 0 Å². The van der Waals surface area contributed by atoms with E-state index in [1.807, 2.05) is 6.92 Å². The highest BCUT2D eigenvalue weighted by Gasteiger charge is 2.39. The van der Waals surface area contributed by atoms with Crippen LogP contribution in [0.15, 0.2) is 17.1 Å². The zero-order valence-corrected chi connectivity index (χ0v) is 14.4. The van der Waals surface area contributed by atoms with Gasteiger partial charge in [-0.3, -0.25) is 19.3 Å². The first-order chi connectivity index (χ1) is 11.9. The molecule has 8 heteroatoms. The van der Waals surface area contributed by atoms with Gasteiger partial charge in [0.1, 0.15) is 6.04 Å². The van der Waals surface area contributed by atoms with Gasteiger partial charge >= 0.3 is 6.03 Å². The van der Waals surface area contributed by atoms with Crippen molar-refractivity contribution in [1.29, 1.82) is 0 Å². The average Bonchev–Trinajstić information content (AvgIpc) is 2.83. The molecule has 0 aliphatic carbocycles. The van der Waals surface area contributed by atoms with E-state index in [0.29, 0.717) is 32.5 Å². The highest BCUT2D eigenvalue weighted by atomic mass is 16.2. The summed E-state index contributed by atoms with van der Waals surface area (Å²) in [4.78, 5) is 51.1. The summed E-state index contributed by atoms with van der Waals surface area (Å²) in [5, 5.41) is 2.59. The van der Waals surface area contributed by atoms with E-state index in [1.165, 1.54) is 9.47 Å². The molecule has 2 aliphatic rings. The van der Waals surface area contributed by atoms with Crippen molar-refractivity contribution in [2.75, 3.05) is 13.1 Å². The van der Waals surface area contributed by atoms with Crippen LogP contribution in [0.3, 0.4) is 0 Å². The van der Waals surface area contributed by atoms with Gasteiger partial charge in [-0.05, 0) is 24.0 Å². The molecule has 8 nitrogen and oxygen atoms in total. The first-order valence-corrected chi connectivity index (χ1v) is 8.48. The molecule has 25 heavy (non-hydrogen) atoms. The summed E-state index contributed by atoms with van der Waals surface area (Å²) >= 11 is 0. The van der Waals surface area contributed by atoms with Crippen molar-refractivity contribution in [1.82, 2.24) is 19.7 Å². The Morgan fingerprint density at radius 1 is 1.28 bits per heavy atom.